The van der Waals surface area contributed by atoms with Gasteiger partial charge in [0.1, 0.15) is 0 Å². The van der Waals surface area contributed by atoms with Crippen LogP contribution >= 0.6 is 12.2 Å². The third-order valence-corrected chi connectivity index (χ3v) is 4.94. The van der Waals surface area contributed by atoms with E-state index in [-0.39, 0.29) is 24.2 Å². The van der Waals surface area contributed by atoms with Crippen LogP contribution in [0.15, 0.2) is 42.9 Å². The van der Waals surface area contributed by atoms with Gasteiger partial charge in [-0.3, -0.25) is 4.98 Å². The Morgan fingerprint density at radius 1 is 1.28 bits per heavy atom. The molecule has 0 amide bonds. The molecule has 1 saturated heterocycles. The molecule has 2 N–H and O–H groups in total. The standard InChI is InChI=1S/C19H26N4OS/c1-19(2,3)22-11-8-14(13-22)17-16(15-7-4-5-9-20-15)21-18(25)23(17)10-6-12-24/h4-5,7-9,11,13,16-17,24H,6,10,12H2,1-3H3,(H,21,25)/t16-,17+/m0/s1. The number of pyridine rings is 1. The Labute approximate surface area is 154 Å². The van der Waals surface area contributed by atoms with Gasteiger partial charge in [0.05, 0.1) is 17.8 Å². The molecule has 0 bridgehead atoms. The fraction of sp³-hybridized carbons (Fsp3) is 0.474. The number of nitrogens with zero attached hydrogens (tertiary/aromatic N) is 3. The second-order valence-electron chi connectivity index (χ2n) is 7.42. The number of aliphatic hydroxyl groups is 1. The van der Waals surface area contributed by atoms with Crippen LogP contribution in [0.2, 0.25) is 0 Å². The van der Waals surface area contributed by atoms with Crippen LogP contribution in [0.3, 0.4) is 0 Å². The molecule has 134 valence electrons. The Kier molecular flexibility index (Phi) is 5.11. The normalized spacial score (nSPS) is 20.8. The van der Waals surface area contributed by atoms with Crippen LogP contribution in [0.5, 0.6) is 0 Å². The van der Waals surface area contributed by atoms with E-state index in [1.54, 1.807) is 0 Å². The lowest BCUT2D eigenvalue weighted by atomic mass is 9.99. The van der Waals surface area contributed by atoms with Crippen LogP contribution < -0.4 is 5.32 Å². The van der Waals surface area contributed by atoms with Crippen molar-refractivity contribution in [2.24, 2.45) is 0 Å². The first-order valence-electron chi connectivity index (χ1n) is 8.69. The SMILES string of the molecule is CC(C)(C)n1ccc([C@@H]2[C@H](c3ccccn3)NC(=S)N2CCCO)c1. The van der Waals surface area contributed by atoms with E-state index in [0.717, 1.165) is 17.4 Å². The van der Waals surface area contributed by atoms with Crippen molar-refractivity contribution in [3.05, 3.63) is 54.1 Å². The van der Waals surface area contributed by atoms with Gasteiger partial charge in [0.15, 0.2) is 5.11 Å². The molecule has 3 heterocycles. The molecule has 3 rings (SSSR count). The van der Waals surface area contributed by atoms with Gasteiger partial charge >= 0.3 is 0 Å². The van der Waals surface area contributed by atoms with Crippen molar-refractivity contribution in [2.45, 2.75) is 44.8 Å². The quantitative estimate of drug-likeness (QED) is 0.805. The summed E-state index contributed by atoms with van der Waals surface area (Å²) in [6, 6.07) is 8.18. The summed E-state index contributed by atoms with van der Waals surface area (Å²) in [6.07, 6.45) is 6.82. The van der Waals surface area contributed by atoms with Gasteiger partial charge in [0, 0.05) is 37.3 Å². The van der Waals surface area contributed by atoms with E-state index in [9.17, 15) is 5.11 Å². The summed E-state index contributed by atoms with van der Waals surface area (Å²) in [5.74, 6) is 0. The Morgan fingerprint density at radius 3 is 2.68 bits per heavy atom. The third-order valence-electron chi connectivity index (χ3n) is 4.59. The highest BCUT2D eigenvalue weighted by Gasteiger charge is 2.39. The predicted molar refractivity (Wildman–Crippen MR) is 103 cm³/mol. The van der Waals surface area contributed by atoms with Crippen molar-refractivity contribution in [3.63, 3.8) is 0 Å². The lowest BCUT2D eigenvalue weighted by Gasteiger charge is -2.27. The first-order valence-corrected chi connectivity index (χ1v) is 9.10. The predicted octanol–water partition coefficient (Wildman–Crippen LogP) is 2.99. The molecule has 5 nitrogen and oxygen atoms in total. The lowest BCUT2D eigenvalue weighted by Crippen LogP contribution is -2.31. The van der Waals surface area contributed by atoms with Crippen LogP contribution in [-0.4, -0.2) is 37.8 Å². The minimum Gasteiger partial charge on any atom is -0.396 e. The maximum absolute atomic E-state index is 9.26. The Hall–Kier alpha value is -1.92. The summed E-state index contributed by atoms with van der Waals surface area (Å²) in [5, 5.41) is 13.4. The van der Waals surface area contributed by atoms with Crippen molar-refractivity contribution in [2.75, 3.05) is 13.2 Å². The maximum Gasteiger partial charge on any atom is 0.170 e. The van der Waals surface area contributed by atoms with Crippen molar-refractivity contribution >= 4 is 17.3 Å². The van der Waals surface area contributed by atoms with Gasteiger partial charge in [-0.1, -0.05) is 6.07 Å². The fourth-order valence-corrected chi connectivity index (χ4v) is 3.59. The molecular weight excluding hydrogens is 332 g/mol. The highest BCUT2D eigenvalue weighted by atomic mass is 32.1. The van der Waals surface area contributed by atoms with E-state index in [1.165, 1.54) is 5.56 Å². The molecule has 0 aromatic carbocycles. The van der Waals surface area contributed by atoms with Gasteiger partial charge in [-0.15, -0.1) is 0 Å². The van der Waals surface area contributed by atoms with E-state index in [4.69, 9.17) is 12.2 Å². The molecule has 0 saturated carbocycles. The van der Waals surface area contributed by atoms with Crippen LogP contribution in [0.1, 0.15) is 50.5 Å². The summed E-state index contributed by atoms with van der Waals surface area (Å²) in [4.78, 5) is 6.71. The molecule has 25 heavy (non-hydrogen) atoms. The first kappa shape index (κ1) is 17.9. The molecule has 1 aliphatic heterocycles. The van der Waals surface area contributed by atoms with Gasteiger partial charge in [0.2, 0.25) is 0 Å². The third kappa shape index (κ3) is 3.70. The largest absolute Gasteiger partial charge is 0.396 e. The second-order valence-corrected chi connectivity index (χ2v) is 7.81. The summed E-state index contributed by atoms with van der Waals surface area (Å²) < 4.78 is 2.23. The van der Waals surface area contributed by atoms with Crippen molar-refractivity contribution in [3.8, 4) is 0 Å². The van der Waals surface area contributed by atoms with E-state index >= 15 is 0 Å². The average molecular weight is 359 g/mol. The van der Waals surface area contributed by atoms with Gasteiger partial charge in [-0.05, 0) is 63.2 Å². The van der Waals surface area contributed by atoms with Crippen LogP contribution in [0, 0.1) is 0 Å². The lowest BCUT2D eigenvalue weighted by molar-refractivity contribution is 0.247. The number of aliphatic hydroxyl groups excluding tert-OH is 1. The number of aromatic nitrogens is 2. The zero-order valence-electron chi connectivity index (χ0n) is 15.0. The maximum atomic E-state index is 9.26. The topological polar surface area (TPSA) is 53.3 Å². The monoisotopic (exact) mass is 358 g/mol. The minimum atomic E-state index is 0.00297. The number of nitrogens with one attached hydrogen (secondary N) is 1. The summed E-state index contributed by atoms with van der Waals surface area (Å²) in [6.45, 7) is 7.44. The van der Waals surface area contributed by atoms with E-state index in [0.29, 0.717) is 6.42 Å². The summed E-state index contributed by atoms with van der Waals surface area (Å²) in [7, 11) is 0. The van der Waals surface area contributed by atoms with Gasteiger partial charge in [-0.25, -0.2) is 0 Å². The number of thiocarbonyl (C=S) groups is 1. The molecule has 2 aromatic heterocycles. The molecule has 1 fully saturated rings. The highest BCUT2D eigenvalue weighted by Crippen LogP contribution is 2.39. The average Bonchev–Trinajstić information content (AvgIpc) is 3.18. The molecule has 0 aliphatic carbocycles. The molecule has 6 heteroatoms. The minimum absolute atomic E-state index is 0.00297. The van der Waals surface area contributed by atoms with E-state index < -0.39 is 0 Å². The van der Waals surface area contributed by atoms with Gasteiger partial charge in [0.25, 0.3) is 0 Å². The molecule has 0 unspecified atom stereocenters. The summed E-state index contributed by atoms with van der Waals surface area (Å²) >= 11 is 5.59. The number of rotatable bonds is 5. The second kappa shape index (κ2) is 7.14. The van der Waals surface area contributed by atoms with E-state index in [1.807, 2.05) is 24.4 Å². The zero-order valence-corrected chi connectivity index (χ0v) is 15.8. The van der Waals surface area contributed by atoms with Gasteiger partial charge in [-0.2, -0.15) is 0 Å². The Balaban J connectivity index is 1.98. The smallest absolute Gasteiger partial charge is 0.170 e. The fourth-order valence-electron chi connectivity index (χ4n) is 3.26. The Morgan fingerprint density at radius 2 is 2.08 bits per heavy atom. The van der Waals surface area contributed by atoms with Crippen LogP contribution in [0.25, 0.3) is 0 Å². The van der Waals surface area contributed by atoms with Crippen molar-refractivity contribution in [1.29, 1.82) is 0 Å². The first-order chi connectivity index (χ1) is 11.9. The Bertz CT molecular complexity index is 723. The van der Waals surface area contributed by atoms with Crippen molar-refractivity contribution in [1.82, 2.24) is 19.8 Å². The molecule has 2 atom stereocenters. The molecule has 2 aromatic rings. The van der Waals surface area contributed by atoms with Crippen LogP contribution in [0.4, 0.5) is 0 Å². The molecule has 1 aliphatic rings. The summed E-state index contributed by atoms with van der Waals surface area (Å²) in [5.41, 5.74) is 2.21. The zero-order chi connectivity index (χ0) is 18.0. The molecule has 0 spiro atoms. The molecule has 0 radical (unpaired) electrons. The van der Waals surface area contributed by atoms with Gasteiger partial charge < -0.3 is 19.9 Å². The highest BCUT2D eigenvalue weighted by molar-refractivity contribution is 7.80. The molecular formula is C19H26N4OS. The number of hydrogen-bond acceptors (Lipinski definition) is 3. The van der Waals surface area contributed by atoms with E-state index in [2.05, 4.69) is 59.0 Å². The van der Waals surface area contributed by atoms with Crippen molar-refractivity contribution < 1.29 is 5.11 Å². The van der Waals surface area contributed by atoms with Crippen LogP contribution in [-0.2, 0) is 5.54 Å². The number of hydrogen-bond donors (Lipinski definition) is 2.